The molecule has 116 valence electrons. The lowest BCUT2D eigenvalue weighted by atomic mass is 9.79. The molecule has 1 saturated carbocycles. The van der Waals surface area contributed by atoms with Crippen LogP contribution in [0.25, 0.3) is 0 Å². The summed E-state index contributed by atoms with van der Waals surface area (Å²) in [5.74, 6) is -1.19. The minimum atomic E-state index is -0.824. The van der Waals surface area contributed by atoms with Crippen molar-refractivity contribution < 1.29 is 13.6 Å². The third kappa shape index (κ3) is 3.79. The van der Waals surface area contributed by atoms with Gasteiger partial charge in [0, 0.05) is 12.6 Å². The molecule has 1 amide bonds. The Morgan fingerprint density at radius 3 is 2.57 bits per heavy atom. The third-order valence-electron chi connectivity index (χ3n) is 4.39. The molecule has 1 fully saturated rings. The molecule has 1 aromatic rings. The summed E-state index contributed by atoms with van der Waals surface area (Å²) in [6.45, 7) is 2.62. The zero-order chi connectivity index (χ0) is 15.4. The Hall–Kier alpha value is -1.49. The Labute approximate surface area is 123 Å². The van der Waals surface area contributed by atoms with Gasteiger partial charge in [0.15, 0.2) is 0 Å². The second-order valence-corrected chi connectivity index (χ2v) is 5.83. The van der Waals surface area contributed by atoms with Crippen molar-refractivity contribution in [3.05, 3.63) is 34.9 Å². The van der Waals surface area contributed by atoms with Crippen LogP contribution in [-0.4, -0.2) is 19.0 Å². The van der Waals surface area contributed by atoms with E-state index in [-0.39, 0.29) is 11.1 Å². The van der Waals surface area contributed by atoms with Crippen molar-refractivity contribution in [3.63, 3.8) is 0 Å². The highest BCUT2D eigenvalue weighted by molar-refractivity contribution is 5.94. The molecule has 3 N–H and O–H groups in total. The largest absolute Gasteiger partial charge is 0.352 e. The molecule has 1 aliphatic rings. The molecule has 0 aromatic heterocycles. The molecular weight excluding hydrogens is 274 g/mol. The maximum Gasteiger partial charge on any atom is 0.254 e. The average molecular weight is 296 g/mol. The van der Waals surface area contributed by atoms with Crippen molar-refractivity contribution in [2.75, 3.05) is 13.1 Å². The molecule has 0 radical (unpaired) electrons. The minimum absolute atomic E-state index is 0.103. The summed E-state index contributed by atoms with van der Waals surface area (Å²) in [6.07, 6.45) is 4.44. The molecule has 0 spiro atoms. The molecule has 3 nitrogen and oxygen atoms in total. The molecule has 2 unspecified atom stereocenters. The van der Waals surface area contributed by atoms with Gasteiger partial charge in [-0.3, -0.25) is 4.79 Å². The van der Waals surface area contributed by atoms with Gasteiger partial charge in [0.25, 0.3) is 5.91 Å². The summed E-state index contributed by atoms with van der Waals surface area (Å²) in [7, 11) is 0. The molecular formula is C16H22F2N2O. The zero-order valence-electron chi connectivity index (χ0n) is 12.3. The Morgan fingerprint density at radius 1 is 1.24 bits per heavy atom. The van der Waals surface area contributed by atoms with Crippen molar-refractivity contribution in [2.24, 2.45) is 17.6 Å². The van der Waals surface area contributed by atoms with Crippen LogP contribution >= 0.6 is 0 Å². The standard InChI is InChI=1S/C16H22F2N2O/c1-10-6-13(15(18)7-14(10)17)16(21)20-9-12-5-3-2-4-11(12)8-19/h6-7,11-12H,2-5,8-9,19H2,1H3,(H,20,21). The first-order valence-corrected chi connectivity index (χ1v) is 7.46. The lowest BCUT2D eigenvalue weighted by Gasteiger charge is -2.30. The van der Waals surface area contributed by atoms with Crippen LogP contribution in [0.15, 0.2) is 12.1 Å². The molecule has 0 aliphatic heterocycles. The minimum Gasteiger partial charge on any atom is -0.352 e. The van der Waals surface area contributed by atoms with Gasteiger partial charge in [0.2, 0.25) is 0 Å². The van der Waals surface area contributed by atoms with Crippen molar-refractivity contribution in [2.45, 2.75) is 32.6 Å². The van der Waals surface area contributed by atoms with Gasteiger partial charge in [-0.1, -0.05) is 12.8 Å². The van der Waals surface area contributed by atoms with Crippen LogP contribution in [-0.2, 0) is 0 Å². The number of rotatable bonds is 4. The van der Waals surface area contributed by atoms with Gasteiger partial charge in [-0.2, -0.15) is 0 Å². The van der Waals surface area contributed by atoms with Crippen LogP contribution in [0.4, 0.5) is 8.78 Å². The predicted molar refractivity (Wildman–Crippen MR) is 77.9 cm³/mol. The molecule has 5 heteroatoms. The summed E-state index contributed by atoms with van der Waals surface area (Å²) >= 11 is 0. The smallest absolute Gasteiger partial charge is 0.254 e. The number of benzene rings is 1. The number of aryl methyl sites for hydroxylation is 1. The molecule has 2 rings (SSSR count). The lowest BCUT2D eigenvalue weighted by Crippen LogP contribution is -2.37. The molecule has 1 aromatic carbocycles. The van der Waals surface area contributed by atoms with Crippen molar-refractivity contribution >= 4 is 5.91 Å². The van der Waals surface area contributed by atoms with Crippen LogP contribution in [0.3, 0.4) is 0 Å². The van der Waals surface area contributed by atoms with Crippen LogP contribution in [0, 0.1) is 30.4 Å². The Kier molecular flexibility index (Phi) is 5.28. The SMILES string of the molecule is Cc1cc(C(=O)NCC2CCCCC2CN)c(F)cc1F. The monoisotopic (exact) mass is 296 g/mol. The van der Waals surface area contributed by atoms with Crippen molar-refractivity contribution in [1.29, 1.82) is 0 Å². The molecule has 1 aliphatic carbocycles. The van der Waals surface area contributed by atoms with Gasteiger partial charge in [-0.05, 0) is 49.8 Å². The van der Waals surface area contributed by atoms with E-state index < -0.39 is 17.5 Å². The number of nitrogens with two attached hydrogens (primary N) is 1. The predicted octanol–water partition coefficient (Wildman–Crippen LogP) is 2.77. The van der Waals surface area contributed by atoms with Gasteiger partial charge in [0.05, 0.1) is 5.56 Å². The Bertz CT molecular complexity index is 519. The van der Waals surface area contributed by atoms with E-state index in [4.69, 9.17) is 5.73 Å². The summed E-state index contributed by atoms with van der Waals surface area (Å²) in [6, 6.07) is 2.01. The van der Waals surface area contributed by atoms with Gasteiger partial charge in [-0.15, -0.1) is 0 Å². The van der Waals surface area contributed by atoms with Crippen LogP contribution < -0.4 is 11.1 Å². The quantitative estimate of drug-likeness (QED) is 0.897. The maximum atomic E-state index is 13.7. The van der Waals surface area contributed by atoms with Crippen LogP contribution in [0.1, 0.15) is 41.6 Å². The maximum absolute atomic E-state index is 13.7. The number of hydrogen-bond acceptors (Lipinski definition) is 2. The summed E-state index contributed by atoms with van der Waals surface area (Å²) in [5, 5.41) is 2.76. The molecule has 0 heterocycles. The van der Waals surface area contributed by atoms with E-state index in [9.17, 15) is 13.6 Å². The fourth-order valence-corrected chi connectivity index (χ4v) is 3.01. The first-order chi connectivity index (χ1) is 10.0. The Balaban J connectivity index is 2.00. The molecule has 0 bridgehead atoms. The van der Waals surface area contributed by atoms with Gasteiger partial charge in [0.1, 0.15) is 11.6 Å². The number of halogens is 2. The third-order valence-corrected chi connectivity index (χ3v) is 4.39. The second kappa shape index (κ2) is 6.98. The highest BCUT2D eigenvalue weighted by atomic mass is 19.1. The number of hydrogen-bond donors (Lipinski definition) is 2. The fraction of sp³-hybridized carbons (Fsp3) is 0.562. The number of carbonyl (C=O) groups is 1. The Morgan fingerprint density at radius 2 is 1.90 bits per heavy atom. The van der Waals surface area contributed by atoms with E-state index >= 15 is 0 Å². The lowest BCUT2D eigenvalue weighted by molar-refractivity contribution is 0.0931. The van der Waals surface area contributed by atoms with E-state index in [0.29, 0.717) is 24.9 Å². The number of amides is 1. The van der Waals surface area contributed by atoms with Crippen molar-refractivity contribution in [3.8, 4) is 0 Å². The highest BCUT2D eigenvalue weighted by Gasteiger charge is 2.25. The average Bonchev–Trinajstić information content (AvgIpc) is 2.48. The number of nitrogens with one attached hydrogen (secondary N) is 1. The summed E-state index contributed by atoms with van der Waals surface area (Å²) in [4.78, 5) is 12.1. The van der Waals surface area contributed by atoms with Gasteiger partial charge >= 0.3 is 0 Å². The fourth-order valence-electron chi connectivity index (χ4n) is 3.01. The second-order valence-electron chi connectivity index (χ2n) is 5.83. The first kappa shape index (κ1) is 15.9. The van der Waals surface area contributed by atoms with E-state index in [2.05, 4.69) is 5.32 Å². The summed E-state index contributed by atoms with van der Waals surface area (Å²) in [5.41, 5.74) is 5.92. The van der Waals surface area contributed by atoms with E-state index in [0.717, 1.165) is 25.3 Å². The van der Waals surface area contributed by atoms with Crippen LogP contribution in [0.2, 0.25) is 0 Å². The number of carbonyl (C=O) groups excluding carboxylic acids is 1. The normalized spacial score (nSPS) is 22.1. The van der Waals surface area contributed by atoms with Crippen molar-refractivity contribution in [1.82, 2.24) is 5.32 Å². The zero-order valence-corrected chi connectivity index (χ0v) is 12.3. The molecule has 21 heavy (non-hydrogen) atoms. The van der Waals surface area contributed by atoms with E-state index in [1.54, 1.807) is 0 Å². The van der Waals surface area contributed by atoms with E-state index in [1.807, 2.05) is 0 Å². The molecule has 2 atom stereocenters. The van der Waals surface area contributed by atoms with Gasteiger partial charge in [-0.25, -0.2) is 8.78 Å². The van der Waals surface area contributed by atoms with E-state index in [1.165, 1.54) is 19.4 Å². The summed E-state index contributed by atoms with van der Waals surface area (Å²) < 4.78 is 26.9. The first-order valence-electron chi connectivity index (χ1n) is 7.46. The van der Waals surface area contributed by atoms with Gasteiger partial charge < -0.3 is 11.1 Å². The topological polar surface area (TPSA) is 55.1 Å². The highest BCUT2D eigenvalue weighted by Crippen LogP contribution is 2.28. The molecule has 0 saturated heterocycles. The van der Waals surface area contributed by atoms with Crippen LogP contribution in [0.5, 0.6) is 0 Å².